The summed E-state index contributed by atoms with van der Waals surface area (Å²) in [7, 11) is 1.42. The minimum Gasteiger partial charge on any atom is -0.477 e. The summed E-state index contributed by atoms with van der Waals surface area (Å²) in [6.45, 7) is 5.22. The van der Waals surface area contributed by atoms with E-state index in [0.29, 0.717) is 13.1 Å². The van der Waals surface area contributed by atoms with Crippen molar-refractivity contribution in [1.29, 1.82) is 0 Å². The smallest absolute Gasteiger partial charge is 0.341 e. The molecule has 3 aromatic rings. The lowest BCUT2D eigenvalue weighted by atomic mass is 9.81. The number of carboxylic acid groups (broad SMARTS) is 1. The molecule has 17 atom stereocenters. The van der Waals surface area contributed by atoms with Gasteiger partial charge in [-0.3, -0.25) is 19.4 Å². The number of aldehydes is 1. The topological polar surface area (TPSA) is 506 Å². The number of nitrogen functional groups attached to an aromatic ring is 1. The van der Waals surface area contributed by atoms with Crippen LogP contribution in [-0.2, 0) is 23.7 Å². The third-order valence-corrected chi connectivity index (χ3v) is 13.6. The number of nitrogens with two attached hydrogens (primary N) is 6. The first kappa shape index (κ1) is 59.8. The number of aliphatic hydroxyl groups is 7. The van der Waals surface area contributed by atoms with Crippen LogP contribution >= 0.6 is 0 Å². The average Bonchev–Trinajstić information content (AvgIpc) is 4.19. The predicted octanol–water partition coefficient (Wildman–Crippen LogP) is -6.50. The molecular formula is C45H66F2N14O16. The van der Waals surface area contributed by atoms with Crippen LogP contribution in [0.2, 0.25) is 0 Å². The Kier molecular flexibility index (Phi) is 19.0. The number of aromatic carboxylic acids is 1. The molecule has 0 radical (unpaired) electrons. The van der Waals surface area contributed by atoms with E-state index in [9.17, 15) is 60.0 Å². The number of hydrogen-bond acceptors (Lipinski definition) is 23. The highest BCUT2D eigenvalue weighted by molar-refractivity contribution is 6.00. The lowest BCUT2D eigenvalue weighted by Gasteiger charge is -2.45. The average molecular weight is 1100 g/mol. The summed E-state index contributed by atoms with van der Waals surface area (Å²) in [6, 6.07) is -4.18. The van der Waals surface area contributed by atoms with Crippen molar-refractivity contribution in [3.05, 3.63) is 57.9 Å². The van der Waals surface area contributed by atoms with E-state index in [0.717, 1.165) is 19.0 Å². The van der Waals surface area contributed by atoms with Crippen LogP contribution in [0.1, 0.15) is 60.5 Å². The standard InChI is InChI=1S/C21H39N7O12.C19H22F2N4O3.C5H5N3O/c1-5-21(36,4-30)16(40-17-9(26-2)13(34)10(31)6(3-29)38-17)18(37-5)39-15-8(28-20(24)25)11(32)7(27-19(22)23)12(33)14(15)35;1-8-5-24(6-9(2)23-8)17-13(20)15(22)12-16(14(17)21)25(10-3-4-10)7-11(18(12)26)19(27)28;6-5(9)4-3-7-1-2-8-4/h4-18,26,29,31-36H,3H2,1-2H3,(H4,22,23,27)(H4,24,25,28);7-10,23H,3-6,22H2,1-2H3,(H,27,28);1-3H,(H2,6,9)/t;8-,9+;. The van der Waals surface area contributed by atoms with Gasteiger partial charge in [-0.2, -0.15) is 0 Å². The van der Waals surface area contributed by atoms with E-state index in [1.165, 1.54) is 37.1 Å². The molecule has 1 aromatic carbocycles. The van der Waals surface area contributed by atoms with Crippen LogP contribution in [0.3, 0.4) is 0 Å². The van der Waals surface area contributed by atoms with Gasteiger partial charge in [0.15, 0.2) is 48.0 Å². The molecule has 32 heteroatoms. The third kappa shape index (κ3) is 12.5. The molecule has 2 aromatic heterocycles. The number of nitrogens with one attached hydrogen (secondary N) is 2. The summed E-state index contributed by atoms with van der Waals surface area (Å²) >= 11 is 0. The molecule has 2 aliphatic carbocycles. The maximum absolute atomic E-state index is 15.6. The number of halogens is 2. The zero-order valence-electron chi connectivity index (χ0n) is 42.0. The fourth-order valence-corrected chi connectivity index (χ4v) is 9.64. The SMILES string of the molecule is CNC1C(OC2C(OC3C(O)C(O)C(N=C(N)N)C(O)C3N=C(N)N)OC(C)C2(O)C=O)OC(CO)C(O)C1O.C[C@@H]1CN(c2c(F)c(N)c3c(=O)c(C(=O)O)cn(C4CC4)c3c2F)C[C@H](C)N1.NC(=O)c1cnccn1. The number of aliphatic imine (C=N–C) groups is 2. The van der Waals surface area contributed by atoms with Crippen molar-refractivity contribution in [2.24, 2.45) is 38.7 Å². The number of amides is 1. The van der Waals surface area contributed by atoms with E-state index in [-0.39, 0.29) is 41.3 Å². The number of ether oxygens (including phenoxy) is 4. The normalized spacial score (nSPS) is 33.9. The molecule has 5 heterocycles. The second kappa shape index (κ2) is 24.5. The number of fused-ring (bicyclic) bond motifs is 1. The second-order valence-electron chi connectivity index (χ2n) is 19.1. The van der Waals surface area contributed by atoms with Crippen molar-refractivity contribution in [3.8, 4) is 0 Å². The molecule has 426 valence electrons. The lowest BCUT2D eigenvalue weighted by Crippen LogP contribution is -2.66. The molecule has 5 aliphatic rings. The zero-order chi connectivity index (χ0) is 57.1. The van der Waals surface area contributed by atoms with Gasteiger partial charge in [-0.05, 0) is 40.7 Å². The van der Waals surface area contributed by atoms with Gasteiger partial charge < -0.3 is 114 Å². The van der Waals surface area contributed by atoms with Crippen molar-refractivity contribution >= 4 is 52.4 Å². The van der Waals surface area contributed by atoms with Gasteiger partial charge >= 0.3 is 5.97 Å². The minimum absolute atomic E-state index is 0.0134. The van der Waals surface area contributed by atoms with Crippen LogP contribution in [0, 0.1) is 11.6 Å². The number of carboxylic acids is 1. The number of rotatable bonds is 13. The highest BCUT2D eigenvalue weighted by Gasteiger charge is 2.61. The highest BCUT2D eigenvalue weighted by atomic mass is 19.1. The summed E-state index contributed by atoms with van der Waals surface area (Å²) in [5, 5.41) is 88.9. The molecule has 5 fully saturated rings. The molecule has 3 saturated heterocycles. The summed E-state index contributed by atoms with van der Waals surface area (Å²) in [5.41, 5.74) is 28.0. The molecule has 15 unspecified atom stereocenters. The molecule has 3 aliphatic heterocycles. The monoisotopic (exact) mass is 1100 g/mol. The van der Waals surface area contributed by atoms with Gasteiger partial charge in [-0.1, -0.05) is 0 Å². The van der Waals surface area contributed by atoms with Crippen LogP contribution in [-0.4, -0.2) is 216 Å². The zero-order valence-corrected chi connectivity index (χ0v) is 42.0. The van der Waals surface area contributed by atoms with Crippen LogP contribution in [0.5, 0.6) is 0 Å². The number of likely N-dealkylation sites (N-methyl/N-ethyl adjacent to an activating group) is 1. The van der Waals surface area contributed by atoms with Crippen molar-refractivity contribution in [3.63, 3.8) is 0 Å². The number of hydrogen-bond donors (Lipinski definition) is 16. The van der Waals surface area contributed by atoms with E-state index in [2.05, 4.69) is 30.6 Å². The highest BCUT2D eigenvalue weighted by Crippen LogP contribution is 2.43. The number of aromatic nitrogens is 3. The number of aliphatic hydroxyl groups excluding tert-OH is 6. The lowest BCUT2D eigenvalue weighted by molar-refractivity contribution is -0.314. The van der Waals surface area contributed by atoms with Gasteiger partial charge in [0.25, 0.3) is 5.91 Å². The number of carbonyl (C=O) groups excluding carboxylic acids is 2. The molecule has 0 spiro atoms. The Morgan fingerprint density at radius 1 is 0.909 bits per heavy atom. The minimum atomic E-state index is -2.38. The van der Waals surface area contributed by atoms with Gasteiger partial charge in [-0.15, -0.1) is 0 Å². The molecule has 0 bridgehead atoms. The Morgan fingerprint density at radius 2 is 1.53 bits per heavy atom. The van der Waals surface area contributed by atoms with E-state index in [1.54, 1.807) is 4.90 Å². The molecule has 1 amide bonds. The number of pyridine rings is 1. The first-order chi connectivity index (χ1) is 36.2. The number of nitrogens with zero attached hydrogens (tertiary/aromatic N) is 6. The van der Waals surface area contributed by atoms with Crippen LogP contribution in [0.4, 0.5) is 20.2 Å². The maximum atomic E-state index is 15.6. The van der Waals surface area contributed by atoms with E-state index in [1.807, 2.05) is 13.8 Å². The maximum Gasteiger partial charge on any atom is 0.341 e. The van der Waals surface area contributed by atoms with Gasteiger partial charge in [0, 0.05) is 49.8 Å². The van der Waals surface area contributed by atoms with Gasteiger partial charge in [0.2, 0.25) is 5.43 Å². The fraction of sp³-hybridized carbons (Fsp3) is 0.600. The largest absolute Gasteiger partial charge is 0.477 e. The summed E-state index contributed by atoms with van der Waals surface area (Å²) < 4.78 is 55.2. The Balaban J connectivity index is 0.000000223. The quantitative estimate of drug-likeness (QED) is 0.0327. The first-order valence-electron chi connectivity index (χ1n) is 24.0. The molecule has 77 heavy (non-hydrogen) atoms. The van der Waals surface area contributed by atoms with Crippen molar-refractivity contribution in [2.45, 2.75) is 143 Å². The van der Waals surface area contributed by atoms with E-state index >= 15 is 8.78 Å². The number of benzene rings is 1. The molecule has 2 saturated carbocycles. The van der Waals surface area contributed by atoms with Crippen LogP contribution in [0.25, 0.3) is 10.9 Å². The summed E-state index contributed by atoms with van der Waals surface area (Å²) in [5.74, 6) is -4.93. The molecule has 8 rings (SSSR count). The Bertz CT molecular complexity index is 2710. The Hall–Kier alpha value is -6.40. The summed E-state index contributed by atoms with van der Waals surface area (Å²) in [4.78, 5) is 63.0. The van der Waals surface area contributed by atoms with Gasteiger partial charge in [-0.25, -0.2) is 28.5 Å². The van der Waals surface area contributed by atoms with Gasteiger partial charge in [0.1, 0.15) is 77.9 Å². The second-order valence-corrected chi connectivity index (χ2v) is 19.1. The number of carbonyl (C=O) groups is 3. The van der Waals surface area contributed by atoms with E-state index < -0.39 is 155 Å². The number of anilines is 2. The predicted molar refractivity (Wildman–Crippen MR) is 266 cm³/mol. The van der Waals surface area contributed by atoms with Gasteiger partial charge in [0.05, 0.1) is 41.5 Å². The Labute approximate surface area is 436 Å². The van der Waals surface area contributed by atoms with Crippen LogP contribution < -0.4 is 55.4 Å². The molecule has 30 nitrogen and oxygen atoms in total. The Morgan fingerprint density at radius 3 is 2.04 bits per heavy atom. The molecular weight excluding hydrogens is 1030 g/mol. The van der Waals surface area contributed by atoms with Crippen molar-refractivity contribution in [2.75, 3.05) is 37.4 Å². The van der Waals surface area contributed by atoms with Crippen molar-refractivity contribution < 1.29 is 83.0 Å². The first-order valence-corrected chi connectivity index (χ1v) is 24.0. The van der Waals surface area contributed by atoms with E-state index in [4.69, 9.17) is 53.3 Å². The number of primary amides is 1. The van der Waals surface area contributed by atoms with Crippen LogP contribution in [0.15, 0.2) is 39.6 Å². The fourth-order valence-electron chi connectivity index (χ4n) is 9.64. The van der Waals surface area contributed by atoms with Crippen molar-refractivity contribution in [1.82, 2.24) is 25.2 Å². The molecule has 22 N–H and O–H groups in total. The third-order valence-electron chi connectivity index (χ3n) is 13.6. The summed E-state index contributed by atoms with van der Waals surface area (Å²) in [6.07, 6.45) is -10.5. The number of guanidine groups is 2. The number of piperazine rings is 1.